The Labute approximate surface area is 226 Å². The minimum Gasteiger partial charge on any atom is -0.395 e. The second-order valence-corrected chi connectivity index (χ2v) is 14.4. The molecule has 2 aliphatic rings. The highest BCUT2D eigenvalue weighted by molar-refractivity contribution is 7.89. The highest BCUT2D eigenvalue weighted by atomic mass is 35.5. The second kappa shape index (κ2) is 12.6. The van der Waals surface area contributed by atoms with Crippen molar-refractivity contribution in [3.63, 3.8) is 0 Å². The van der Waals surface area contributed by atoms with E-state index in [-0.39, 0.29) is 41.4 Å². The number of benzene rings is 2. The van der Waals surface area contributed by atoms with Gasteiger partial charge in [0.1, 0.15) is 0 Å². The summed E-state index contributed by atoms with van der Waals surface area (Å²) in [4.78, 5) is 0.120. The number of nitrogens with zero attached hydrogens (tertiary/aromatic N) is 2. The Morgan fingerprint density at radius 3 is 1.86 bits per heavy atom. The summed E-state index contributed by atoms with van der Waals surface area (Å²) in [6, 6.07) is 12.6. The van der Waals surface area contributed by atoms with Crippen LogP contribution in [0.4, 0.5) is 0 Å². The van der Waals surface area contributed by atoms with E-state index in [2.05, 4.69) is 0 Å². The molecule has 0 unspecified atom stereocenters. The standard InChI is InChI=1S/C27H37ClN2O5S2/c28-24-12-10-23(11-13-24)21-30(25-8-4-5-9-25)37(34,35)27-16-14-26(15-17-27)36(32,33)29(18-19-31)20-22-6-2-1-3-7-22/h10-17,22,25,31H,1-9,18-21H2. The summed E-state index contributed by atoms with van der Waals surface area (Å²) >= 11 is 6.01. The molecule has 0 aliphatic heterocycles. The number of hydrogen-bond acceptors (Lipinski definition) is 5. The zero-order valence-electron chi connectivity index (χ0n) is 21.1. The van der Waals surface area contributed by atoms with Gasteiger partial charge in [0, 0.05) is 30.7 Å². The van der Waals surface area contributed by atoms with Gasteiger partial charge in [-0.15, -0.1) is 0 Å². The van der Waals surface area contributed by atoms with E-state index in [0.717, 1.165) is 56.9 Å². The zero-order valence-corrected chi connectivity index (χ0v) is 23.5. The van der Waals surface area contributed by atoms with Crippen LogP contribution >= 0.6 is 11.6 Å². The van der Waals surface area contributed by atoms with Crippen LogP contribution in [-0.2, 0) is 26.6 Å². The van der Waals surface area contributed by atoms with Crippen molar-refractivity contribution in [1.29, 1.82) is 0 Å². The van der Waals surface area contributed by atoms with Crippen molar-refractivity contribution in [1.82, 2.24) is 8.61 Å². The summed E-state index contributed by atoms with van der Waals surface area (Å²) in [6.45, 7) is 0.365. The van der Waals surface area contributed by atoms with E-state index in [1.165, 1.54) is 35.0 Å². The molecule has 0 spiro atoms. The van der Waals surface area contributed by atoms with Gasteiger partial charge < -0.3 is 5.11 Å². The van der Waals surface area contributed by atoms with Gasteiger partial charge in [-0.05, 0) is 73.6 Å². The second-order valence-electron chi connectivity index (χ2n) is 10.2. The number of hydrogen-bond donors (Lipinski definition) is 1. The molecule has 0 amide bonds. The van der Waals surface area contributed by atoms with Crippen molar-refractivity contribution in [3.8, 4) is 0 Å². The molecule has 0 saturated heterocycles. The molecule has 2 saturated carbocycles. The van der Waals surface area contributed by atoms with Crippen molar-refractivity contribution < 1.29 is 21.9 Å². The van der Waals surface area contributed by atoms with Gasteiger partial charge in [0.05, 0.1) is 16.4 Å². The van der Waals surface area contributed by atoms with Crippen LogP contribution in [-0.4, -0.2) is 56.3 Å². The number of rotatable bonds is 11. The van der Waals surface area contributed by atoms with Crippen molar-refractivity contribution in [3.05, 3.63) is 59.1 Å². The first-order chi connectivity index (χ1) is 17.7. The Kier molecular flexibility index (Phi) is 9.69. The normalized spacial score (nSPS) is 18.2. The maximum atomic E-state index is 13.8. The smallest absolute Gasteiger partial charge is 0.243 e. The van der Waals surface area contributed by atoms with Gasteiger partial charge in [-0.2, -0.15) is 8.61 Å². The van der Waals surface area contributed by atoms with Crippen LogP contribution in [0.3, 0.4) is 0 Å². The molecule has 2 aliphatic carbocycles. The molecule has 2 fully saturated rings. The minimum atomic E-state index is -3.86. The average molecular weight is 569 g/mol. The van der Waals surface area contributed by atoms with Crippen molar-refractivity contribution in [2.75, 3.05) is 19.7 Å². The topological polar surface area (TPSA) is 95.0 Å². The van der Waals surface area contributed by atoms with Crippen molar-refractivity contribution in [2.24, 2.45) is 5.92 Å². The molecule has 10 heteroatoms. The predicted molar refractivity (Wildman–Crippen MR) is 145 cm³/mol. The predicted octanol–water partition coefficient (Wildman–Crippen LogP) is 5.04. The highest BCUT2D eigenvalue weighted by Gasteiger charge is 2.34. The monoisotopic (exact) mass is 568 g/mol. The SMILES string of the molecule is O=S(=O)(c1ccc(S(=O)(=O)N(Cc2ccc(Cl)cc2)C2CCCC2)cc1)N(CCO)CC1CCCCC1. The quantitative estimate of drug-likeness (QED) is 0.410. The van der Waals surface area contributed by atoms with Crippen LogP contribution in [0.5, 0.6) is 0 Å². The molecular formula is C27H37ClN2O5S2. The molecule has 204 valence electrons. The molecular weight excluding hydrogens is 532 g/mol. The maximum absolute atomic E-state index is 13.8. The molecule has 0 atom stereocenters. The fourth-order valence-electron chi connectivity index (χ4n) is 5.52. The third kappa shape index (κ3) is 6.94. The van der Waals surface area contributed by atoms with E-state index in [9.17, 15) is 21.9 Å². The molecule has 2 aromatic carbocycles. The lowest BCUT2D eigenvalue weighted by Gasteiger charge is -2.29. The maximum Gasteiger partial charge on any atom is 0.243 e. The van der Waals surface area contributed by atoms with Gasteiger partial charge in [-0.1, -0.05) is 55.8 Å². The molecule has 7 nitrogen and oxygen atoms in total. The Balaban J connectivity index is 1.57. The summed E-state index contributed by atoms with van der Waals surface area (Å²) in [5.41, 5.74) is 0.849. The van der Waals surface area contributed by atoms with E-state index < -0.39 is 20.0 Å². The summed E-state index contributed by atoms with van der Waals surface area (Å²) < 4.78 is 57.2. The van der Waals surface area contributed by atoms with Gasteiger partial charge >= 0.3 is 0 Å². The molecule has 0 bridgehead atoms. The van der Waals surface area contributed by atoms with Crippen LogP contribution in [0.15, 0.2) is 58.3 Å². The summed E-state index contributed by atoms with van der Waals surface area (Å²) in [5.74, 6) is 0.280. The minimum absolute atomic E-state index is 0.0232. The Morgan fingerprint density at radius 1 is 0.757 bits per heavy atom. The van der Waals surface area contributed by atoms with Gasteiger partial charge in [0.15, 0.2) is 0 Å². The van der Waals surface area contributed by atoms with E-state index in [4.69, 9.17) is 11.6 Å². The van der Waals surface area contributed by atoms with E-state index in [1.807, 2.05) is 12.1 Å². The Hall–Kier alpha value is -1.49. The van der Waals surface area contributed by atoms with Crippen LogP contribution in [0.2, 0.25) is 5.02 Å². The lowest BCUT2D eigenvalue weighted by Crippen LogP contribution is -2.38. The first-order valence-electron chi connectivity index (χ1n) is 13.2. The molecule has 0 heterocycles. The molecule has 0 aromatic heterocycles. The molecule has 37 heavy (non-hydrogen) atoms. The Bertz CT molecular complexity index is 1220. The Morgan fingerprint density at radius 2 is 1.30 bits per heavy atom. The number of aliphatic hydroxyl groups excluding tert-OH is 1. The first kappa shape index (κ1) is 28.5. The zero-order chi connectivity index (χ0) is 26.5. The molecule has 4 rings (SSSR count). The van der Waals surface area contributed by atoms with Gasteiger partial charge in [-0.25, -0.2) is 16.8 Å². The van der Waals surface area contributed by atoms with Crippen LogP contribution in [0.1, 0.15) is 63.4 Å². The fraction of sp³-hybridized carbons (Fsp3) is 0.556. The molecule has 2 aromatic rings. The van der Waals surface area contributed by atoms with Gasteiger partial charge in [-0.3, -0.25) is 0 Å². The van der Waals surface area contributed by atoms with Crippen molar-refractivity contribution in [2.45, 2.75) is 80.2 Å². The number of aliphatic hydroxyl groups is 1. The lowest BCUT2D eigenvalue weighted by atomic mass is 9.89. The number of halogens is 1. The summed E-state index contributed by atoms with van der Waals surface area (Å²) in [5, 5.41) is 10.1. The van der Waals surface area contributed by atoms with E-state index >= 15 is 0 Å². The number of sulfonamides is 2. The first-order valence-corrected chi connectivity index (χ1v) is 16.4. The summed E-state index contributed by atoms with van der Waals surface area (Å²) in [7, 11) is -7.72. The van der Waals surface area contributed by atoms with Crippen molar-refractivity contribution >= 4 is 31.6 Å². The highest BCUT2D eigenvalue weighted by Crippen LogP contribution is 2.32. The molecule has 1 N–H and O–H groups in total. The largest absolute Gasteiger partial charge is 0.395 e. The van der Waals surface area contributed by atoms with Crippen LogP contribution < -0.4 is 0 Å². The van der Waals surface area contributed by atoms with E-state index in [0.29, 0.717) is 11.6 Å². The summed E-state index contributed by atoms with van der Waals surface area (Å²) in [6.07, 6.45) is 8.91. The van der Waals surface area contributed by atoms with Crippen LogP contribution in [0, 0.1) is 5.92 Å². The molecule has 0 radical (unpaired) electrons. The average Bonchev–Trinajstić information content (AvgIpc) is 3.43. The van der Waals surface area contributed by atoms with E-state index in [1.54, 1.807) is 16.4 Å². The van der Waals surface area contributed by atoms with Crippen LogP contribution in [0.25, 0.3) is 0 Å². The van der Waals surface area contributed by atoms with Gasteiger partial charge in [0.2, 0.25) is 20.0 Å². The van der Waals surface area contributed by atoms with Gasteiger partial charge in [0.25, 0.3) is 0 Å². The third-order valence-corrected chi connectivity index (χ3v) is 11.6. The third-order valence-electron chi connectivity index (χ3n) is 7.59. The lowest BCUT2D eigenvalue weighted by molar-refractivity contribution is 0.223. The fourth-order valence-corrected chi connectivity index (χ4v) is 8.83.